The first-order chi connectivity index (χ1) is 15.2. The fourth-order valence-corrected chi connectivity index (χ4v) is 3.06. The number of carbonyl (C=O) groups is 2. The van der Waals surface area contributed by atoms with Gasteiger partial charge in [-0.1, -0.05) is 26.0 Å². The molecule has 1 unspecified atom stereocenters. The molecule has 0 spiro atoms. The van der Waals surface area contributed by atoms with E-state index in [0.29, 0.717) is 23.5 Å². The van der Waals surface area contributed by atoms with Crippen molar-refractivity contribution in [1.29, 1.82) is 0 Å². The topological polar surface area (TPSA) is 182 Å². The molecule has 2 aromatic heterocycles. The molecule has 1 atom stereocenters. The first kappa shape index (κ1) is 22.4. The predicted octanol–water partition coefficient (Wildman–Crippen LogP) is 1.38. The van der Waals surface area contributed by atoms with Crippen LogP contribution in [0.25, 0.3) is 11.4 Å². The molecule has 1 aromatic carbocycles. The fourth-order valence-electron chi connectivity index (χ4n) is 3.06. The van der Waals surface area contributed by atoms with Gasteiger partial charge in [0.25, 0.3) is 11.5 Å². The summed E-state index contributed by atoms with van der Waals surface area (Å²) in [6.45, 7) is 3.86. The highest BCUT2D eigenvalue weighted by Crippen LogP contribution is 2.23. The lowest BCUT2D eigenvalue weighted by Gasteiger charge is -2.18. The average molecular weight is 436 g/mol. The summed E-state index contributed by atoms with van der Waals surface area (Å²) < 4.78 is 0. The Morgan fingerprint density at radius 1 is 1.12 bits per heavy atom. The lowest BCUT2D eigenvalue weighted by Crippen LogP contribution is -2.38. The third-order valence-corrected chi connectivity index (χ3v) is 4.48. The van der Waals surface area contributed by atoms with Gasteiger partial charge in [-0.2, -0.15) is 4.98 Å². The quantitative estimate of drug-likeness (QED) is 0.333. The highest BCUT2D eigenvalue weighted by Gasteiger charge is 2.21. The number of aromatic nitrogens is 4. The number of hydrogen-bond donors (Lipinski definition) is 5. The maximum Gasteiger partial charge on any atom is 0.267 e. The van der Waals surface area contributed by atoms with E-state index in [0.717, 1.165) is 0 Å². The Morgan fingerprint density at radius 2 is 1.84 bits per heavy atom. The van der Waals surface area contributed by atoms with Crippen LogP contribution in [0.3, 0.4) is 0 Å². The first-order valence-electron chi connectivity index (χ1n) is 9.89. The first-order valence-corrected chi connectivity index (χ1v) is 9.89. The van der Waals surface area contributed by atoms with Crippen molar-refractivity contribution in [3.63, 3.8) is 0 Å². The molecule has 11 nitrogen and oxygen atoms in total. The third-order valence-electron chi connectivity index (χ3n) is 4.48. The van der Waals surface area contributed by atoms with Gasteiger partial charge in [0.1, 0.15) is 11.6 Å². The van der Waals surface area contributed by atoms with Crippen molar-refractivity contribution < 1.29 is 9.59 Å². The Bertz CT molecular complexity index is 1180. The van der Waals surface area contributed by atoms with Crippen molar-refractivity contribution in [2.24, 2.45) is 17.4 Å². The molecule has 0 aliphatic heterocycles. The van der Waals surface area contributed by atoms with E-state index in [9.17, 15) is 14.4 Å². The molecule has 3 rings (SSSR count). The van der Waals surface area contributed by atoms with E-state index in [1.165, 1.54) is 0 Å². The van der Waals surface area contributed by atoms with E-state index in [1.807, 2.05) is 19.9 Å². The lowest BCUT2D eigenvalue weighted by atomic mass is 10.0. The summed E-state index contributed by atoms with van der Waals surface area (Å²) in [6, 6.07) is 7.98. The van der Waals surface area contributed by atoms with Crippen molar-refractivity contribution >= 4 is 29.3 Å². The molecule has 166 valence electrons. The number of benzene rings is 1. The molecule has 32 heavy (non-hydrogen) atoms. The van der Waals surface area contributed by atoms with Crippen LogP contribution in [0.4, 0.5) is 17.5 Å². The Balaban J connectivity index is 1.97. The van der Waals surface area contributed by atoms with Gasteiger partial charge in [-0.3, -0.25) is 19.4 Å². The molecule has 0 aliphatic rings. The van der Waals surface area contributed by atoms with E-state index in [2.05, 4.69) is 30.6 Å². The van der Waals surface area contributed by atoms with Crippen LogP contribution >= 0.6 is 0 Å². The molecule has 0 radical (unpaired) electrons. The Hall–Kier alpha value is -4.28. The number of rotatable bonds is 9. The summed E-state index contributed by atoms with van der Waals surface area (Å²) in [5.74, 6) is -0.964. The third kappa shape index (κ3) is 5.45. The number of nitrogens with one attached hydrogen (secondary N) is 3. The van der Waals surface area contributed by atoms with Crippen LogP contribution in [0.15, 0.2) is 47.5 Å². The summed E-state index contributed by atoms with van der Waals surface area (Å²) in [4.78, 5) is 51.4. The van der Waals surface area contributed by atoms with Gasteiger partial charge in [0.05, 0.1) is 0 Å². The van der Waals surface area contributed by atoms with Crippen LogP contribution in [-0.2, 0) is 4.79 Å². The van der Waals surface area contributed by atoms with Gasteiger partial charge in [-0.05, 0) is 30.5 Å². The Labute approximate surface area is 183 Å². The highest BCUT2D eigenvalue weighted by atomic mass is 16.2. The Kier molecular flexibility index (Phi) is 6.78. The van der Waals surface area contributed by atoms with Gasteiger partial charge in [-0.25, -0.2) is 9.97 Å². The minimum Gasteiger partial charge on any atom is -0.368 e. The fraction of sp³-hybridized carbons (Fsp3) is 0.238. The van der Waals surface area contributed by atoms with Gasteiger partial charge in [-0.15, -0.1) is 0 Å². The average Bonchev–Trinajstić information content (AvgIpc) is 2.73. The zero-order valence-electron chi connectivity index (χ0n) is 17.6. The number of nitrogens with two attached hydrogens (primary N) is 2. The van der Waals surface area contributed by atoms with E-state index >= 15 is 0 Å². The largest absolute Gasteiger partial charge is 0.368 e. The van der Waals surface area contributed by atoms with Crippen molar-refractivity contribution in [1.82, 2.24) is 19.9 Å². The molecule has 11 heteroatoms. The predicted molar refractivity (Wildman–Crippen MR) is 120 cm³/mol. The zero-order chi connectivity index (χ0) is 23.3. The smallest absolute Gasteiger partial charge is 0.267 e. The van der Waals surface area contributed by atoms with E-state index < -0.39 is 23.4 Å². The maximum absolute atomic E-state index is 12.5. The minimum atomic E-state index is -0.955. The number of hydrogen-bond acceptors (Lipinski definition) is 8. The molecule has 7 N–H and O–H groups in total. The number of H-pyrrole nitrogens is 1. The van der Waals surface area contributed by atoms with Crippen LogP contribution < -0.4 is 27.7 Å². The SMILES string of the molecule is CC(C)CC(Nc1nc(Nc2cccc(-c3ncccn3)c2)c(C(N)=O)c(=O)[nH]1)C(N)=O. The van der Waals surface area contributed by atoms with Crippen molar-refractivity contribution in [2.75, 3.05) is 10.6 Å². The number of nitrogens with zero attached hydrogens (tertiary/aromatic N) is 3. The lowest BCUT2D eigenvalue weighted by molar-refractivity contribution is -0.119. The number of primary amides is 2. The number of carbonyl (C=O) groups excluding carboxylic acids is 2. The monoisotopic (exact) mass is 436 g/mol. The van der Waals surface area contributed by atoms with E-state index in [4.69, 9.17) is 11.5 Å². The van der Waals surface area contributed by atoms with E-state index in [-0.39, 0.29) is 23.2 Å². The molecule has 2 heterocycles. The van der Waals surface area contributed by atoms with E-state index in [1.54, 1.807) is 36.7 Å². The second-order valence-electron chi connectivity index (χ2n) is 7.51. The molecule has 0 aliphatic carbocycles. The summed E-state index contributed by atoms with van der Waals surface area (Å²) in [5, 5.41) is 5.77. The highest BCUT2D eigenvalue weighted by molar-refractivity contribution is 5.98. The molecular weight excluding hydrogens is 412 g/mol. The summed E-state index contributed by atoms with van der Waals surface area (Å²) in [7, 11) is 0. The van der Waals surface area contributed by atoms with Gasteiger partial charge in [0.15, 0.2) is 11.6 Å². The molecule has 0 fully saturated rings. The van der Waals surface area contributed by atoms with Crippen molar-refractivity contribution in [2.45, 2.75) is 26.3 Å². The summed E-state index contributed by atoms with van der Waals surface area (Å²) in [6.07, 6.45) is 3.67. The molecule has 0 bridgehead atoms. The van der Waals surface area contributed by atoms with Crippen LogP contribution in [-0.4, -0.2) is 37.8 Å². The van der Waals surface area contributed by atoms with Crippen molar-refractivity contribution in [3.8, 4) is 11.4 Å². The molecule has 0 saturated carbocycles. The molecule has 0 saturated heterocycles. The zero-order valence-corrected chi connectivity index (χ0v) is 17.6. The second-order valence-corrected chi connectivity index (χ2v) is 7.51. The maximum atomic E-state index is 12.5. The van der Waals surface area contributed by atoms with Crippen LogP contribution in [0.1, 0.15) is 30.6 Å². The number of anilines is 3. The van der Waals surface area contributed by atoms with Gasteiger partial charge in [0.2, 0.25) is 11.9 Å². The van der Waals surface area contributed by atoms with Crippen LogP contribution in [0.5, 0.6) is 0 Å². The van der Waals surface area contributed by atoms with Crippen LogP contribution in [0.2, 0.25) is 0 Å². The van der Waals surface area contributed by atoms with Gasteiger partial charge in [0, 0.05) is 23.6 Å². The molecule has 2 amide bonds. The van der Waals surface area contributed by atoms with Crippen LogP contribution in [0, 0.1) is 5.92 Å². The number of aromatic amines is 1. The Morgan fingerprint density at radius 3 is 2.47 bits per heavy atom. The molecular formula is C21H24N8O3. The standard InChI is InChI=1S/C21H24N8O3/c1-11(2)9-14(16(22)30)27-21-28-19(15(17(23)31)20(32)29-21)26-13-6-3-5-12(10-13)18-24-7-4-8-25-18/h3-8,10-11,14H,9H2,1-2H3,(H2,22,30)(H2,23,31)(H3,26,27,28,29,32). The minimum absolute atomic E-state index is 0.0190. The second kappa shape index (κ2) is 9.69. The number of amides is 2. The van der Waals surface area contributed by atoms with Gasteiger partial charge >= 0.3 is 0 Å². The summed E-state index contributed by atoms with van der Waals surface area (Å²) >= 11 is 0. The van der Waals surface area contributed by atoms with Crippen molar-refractivity contribution in [3.05, 3.63) is 58.6 Å². The normalized spacial score (nSPS) is 11.7. The van der Waals surface area contributed by atoms with Gasteiger partial charge < -0.3 is 22.1 Å². The summed E-state index contributed by atoms with van der Waals surface area (Å²) in [5.41, 5.74) is 11.0. The molecule has 3 aromatic rings.